The topological polar surface area (TPSA) is 97.8 Å². The Morgan fingerprint density at radius 1 is 1.09 bits per heavy atom. The molecule has 0 bridgehead atoms. The Hall–Kier alpha value is -3.49. The molecule has 0 saturated carbocycles. The van der Waals surface area contributed by atoms with Crippen molar-refractivity contribution in [2.45, 2.75) is 19.5 Å². The van der Waals surface area contributed by atoms with Crippen molar-refractivity contribution in [3.63, 3.8) is 0 Å². The van der Waals surface area contributed by atoms with E-state index in [-0.39, 0.29) is 6.03 Å². The van der Waals surface area contributed by atoms with Gasteiger partial charge in [0.1, 0.15) is 6.04 Å². The Morgan fingerprint density at radius 2 is 1.85 bits per heavy atom. The number of urea groups is 1. The number of hydrogen-bond donors (Lipinski definition) is 3. The van der Waals surface area contributed by atoms with Crippen LogP contribution in [0.15, 0.2) is 60.7 Å². The zero-order chi connectivity index (χ0) is 23.2. The highest BCUT2D eigenvalue weighted by molar-refractivity contribution is 6.00. The maximum Gasteiger partial charge on any atom is 0.322 e. The number of fused-ring (bicyclic) bond motifs is 1. The van der Waals surface area contributed by atoms with Crippen molar-refractivity contribution < 1.29 is 14.7 Å². The van der Waals surface area contributed by atoms with Gasteiger partial charge in [-0.1, -0.05) is 48.5 Å². The van der Waals surface area contributed by atoms with Crippen LogP contribution in [-0.2, 0) is 11.3 Å². The molecule has 33 heavy (non-hydrogen) atoms. The van der Waals surface area contributed by atoms with Crippen LogP contribution in [0, 0.1) is 6.92 Å². The Balaban J connectivity index is 1.28. The molecule has 0 radical (unpaired) electrons. The van der Waals surface area contributed by atoms with Gasteiger partial charge in [0.15, 0.2) is 0 Å². The third-order valence-corrected chi connectivity index (χ3v) is 5.89. The lowest BCUT2D eigenvalue weighted by atomic mass is 10.1. The zero-order valence-electron chi connectivity index (χ0n) is 18.7. The van der Waals surface area contributed by atoms with Gasteiger partial charge in [0.05, 0.1) is 11.2 Å². The Kier molecular flexibility index (Phi) is 7.16. The average molecular weight is 448 g/mol. The summed E-state index contributed by atoms with van der Waals surface area (Å²) in [5.74, 6) is -0.818. The van der Waals surface area contributed by atoms with Crippen LogP contribution in [0.25, 0.3) is 10.9 Å². The van der Waals surface area contributed by atoms with E-state index >= 15 is 0 Å². The van der Waals surface area contributed by atoms with Crippen molar-refractivity contribution in [2.75, 3.05) is 38.0 Å². The molecule has 1 aliphatic rings. The molecular formula is C25H29N5O3. The van der Waals surface area contributed by atoms with Crippen LogP contribution in [0.1, 0.15) is 11.3 Å². The molecule has 0 aliphatic carbocycles. The molecule has 172 valence electrons. The first-order valence-corrected chi connectivity index (χ1v) is 11.1. The lowest BCUT2D eigenvalue weighted by molar-refractivity contribution is -0.146. The number of carbonyl (C=O) groups excluding carboxylic acids is 1. The van der Waals surface area contributed by atoms with Gasteiger partial charge in [-0.3, -0.25) is 19.6 Å². The number of pyridine rings is 1. The third kappa shape index (κ3) is 5.85. The SMILES string of the molecule is Cc1cc(NC(=O)NCCN2CCN(Cc3ccccc3)C(C(=O)O)C2)c2ccccc2n1. The summed E-state index contributed by atoms with van der Waals surface area (Å²) in [7, 11) is 0. The van der Waals surface area contributed by atoms with Gasteiger partial charge in [-0.15, -0.1) is 0 Å². The van der Waals surface area contributed by atoms with Crippen molar-refractivity contribution in [1.82, 2.24) is 20.1 Å². The number of hydrogen-bond acceptors (Lipinski definition) is 5. The number of benzene rings is 2. The second kappa shape index (κ2) is 10.4. The first-order chi connectivity index (χ1) is 16.0. The highest BCUT2D eigenvalue weighted by Gasteiger charge is 2.32. The molecule has 4 rings (SSSR count). The summed E-state index contributed by atoms with van der Waals surface area (Å²) in [4.78, 5) is 32.9. The number of amides is 2. The number of anilines is 1. The molecule has 1 aliphatic heterocycles. The first kappa shape index (κ1) is 22.7. The van der Waals surface area contributed by atoms with E-state index in [1.807, 2.05) is 72.5 Å². The van der Waals surface area contributed by atoms with E-state index in [0.717, 1.165) is 34.4 Å². The predicted octanol–water partition coefficient (Wildman–Crippen LogP) is 2.94. The molecule has 1 saturated heterocycles. The van der Waals surface area contributed by atoms with Crippen molar-refractivity contribution >= 4 is 28.6 Å². The molecule has 1 fully saturated rings. The molecule has 0 spiro atoms. The second-order valence-corrected chi connectivity index (χ2v) is 8.32. The molecule has 2 amide bonds. The van der Waals surface area contributed by atoms with Crippen molar-refractivity contribution in [3.05, 3.63) is 71.9 Å². The van der Waals surface area contributed by atoms with Crippen LogP contribution in [0.4, 0.5) is 10.5 Å². The summed E-state index contributed by atoms with van der Waals surface area (Å²) in [6, 6.07) is 18.6. The minimum absolute atomic E-state index is 0.289. The molecule has 1 atom stereocenters. The maximum absolute atomic E-state index is 12.5. The molecule has 8 nitrogen and oxygen atoms in total. The van der Waals surface area contributed by atoms with Crippen LogP contribution in [0.2, 0.25) is 0 Å². The number of piperazine rings is 1. The van der Waals surface area contributed by atoms with E-state index in [9.17, 15) is 14.7 Å². The Bertz CT molecular complexity index is 1120. The van der Waals surface area contributed by atoms with E-state index in [4.69, 9.17) is 0 Å². The fourth-order valence-corrected chi connectivity index (χ4v) is 4.23. The summed E-state index contributed by atoms with van der Waals surface area (Å²) < 4.78 is 0. The molecular weight excluding hydrogens is 418 g/mol. The predicted molar refractivity (Wildman–Crippen MR) is 128 cm³/mol. The van der Waals surface area contributed by atoms with Gasteiger partial charge < -0.3 is 15.7 Å². The van der Waals surface area contributed by atoms with Crippen molar-refractivity contribution in [3.8, 4) is 0 Å². The van der Waals surface area contributed by atoms with Crippen LogP contribution < -0.4 is 10.6 Å². The van der Waals surface area contributed by atoms with Gasteiger partial charge in [-0.2, -0.15) is 0 Å². The lowest BCUT2D eigenvalue weighted by Gasteiger charge is -2.39. The number of aromatic nitrogens is 1. The maximum atomic E-state index is 12.5. The van der Waals surface area contributed by atoms with E-state index in [0.29, 0.717) is 32.7 Å². The normalized spacial score (nSPS) is 17.1. The molecule has 8 heteroatoms. The van der Waals surface area contributed by atoms with E-state index in [2.05, 4.69) is 20.5 Å². The molecule has 1 unspecified atom stereocenters. The fraction of sp³-hybridized carbons (Fsp3) is 0.320. The molecule has 2 aromatic carbocycles. The van der Waals surface area contributed by atoms with Crippen molar-refractivity contribution in [1.29, 1.82) is 0 Å². The quantitative estimate of drug-likeness (QED) is 0.515. The molecule has 2 heterocycles. The molecule has 1 aromatic heterocycles. The molecule has 3 N–H and O–H groups in total. The molecule has 3 aromatic rings. The lowest BCUT2D eigenvalue weighted by Crippen LogP contribution is -2.56. The number of aliphatic carboxylic acids is 1. The fourth-order valence-electron chi connectivity index (χ4n) is 4.23. The van der Waals surface area contributed by atoms with Gasteiger partial charge in [-0.05, 0) is 24.6 Å². The number of para-hydroxylation sites is 1. The summed E-state index contributed by atoms with van der Waals surface area (Å²) in [5, 5.41) is 16.4. The van der Waals surface area contributed by atoms with Crippen LogP contribution >= 0.6 is 0 Å². The summed E-state index contributed by atoms with van der Waals surface area (Å²) in [6.45, 7) is 5.39. The van der Waals surface area contributed by atoms with Crippen LogP contribution in [0.5, 0.6) is 0 Å². The Morgan fingerprint density at radius 3 is 2.64 bits per heavy atom. The highest BCUT2D eigenvalue weighted by atomic mass is 16.4. The van der Waals surface area contributed by atoms with Gasteiger partial charge in [0.25, 0.3) is 0 Å². The van der Waals surface area contributed by atoms with Crippen LogP contribution in [0.3, 0.4) is 0 Å². The zero-order valence-corrected chi connectivity index (χ0v) is 18.7. The van der Waals surface area contributed by atoms with E-state index in [1.54, 1.807) is 0 Å². The van der Waals surface area contributed by atoms with Gasteiger partial charge >= 0.3 is 12.0 Å². The van der Waals surface area contributed by atoms with Gasteiger partial charge in [0, 0.05) is 50.3 Å². The third-order valence-electron chi connectivity index (χ3n) is 5.89. The average Bonchev–Trinajstić information content (AvgIpc) is 2.80. The highest BCUT2D eigenvalue weighted by Crippen LogP contribution is 2.22. The number of carboxylic acid groups (broad SMARTS) is 1. The van der Waals surface area contributed by atoms with Gasteiger partial charge in [0.2, 0.25) is 0 Å². The van der Waals surface area contributed by atoms with Crippen molar-refractivity contribution in [2.24, 2.45) is 0 Å². The second-order valence-electron chi connectivity index (χ2n) is 8.32. The first-order valence-electron chi connectivity index (χ1n) is 11.1. The summed E-state index contributed by atoms with van der Waals surface area (Å²) in [5.41, 5.74) is 3.49. The number of nitrogens with zero attached hydrogens (tertiary/aromatic N) is 3. The van der Waals surface area contributed by atoms with E-state index < -0.39 is 12.0 Å². The smallest absolute Gasteiger partial charge is 0.322 e. The number of carboxylic acids is 1. The van der Waals surface area contributed by atoms with Gasteiger partial charge in [-0.25, -0.2) is 4.79 Å². The summed E-state index contributed by atoms with van der Waals surface area (Å²) >= 11 is 0. The minimum Gasteiger partial charge on any atom is -0.480 e. The van der Waals surface area contributed by atoms with E-state index in [1.165, 1.54) is 0 Å². The number of rotatable bonds is 7. The monoisotopic (exact) mass is 447 g/mol. The standard InChI is InChI=1S/C25H29N5O3/c1-18-15-22(20-9-5-6-10-21(20)27-18)28-25(33)26-11-12-29-13-14-30(23(17-29)24(31)32)16-19-7-3-2-4-8-19/h2-10,15,23H,11-14,16-17H2,1H3,(H,31,32)(H2,26,27,28,33). The minimum atomic E-state index is -0.818. The number of aryl methyl sites for hydroxylation is 1. The summed E-state index contributed by atoms with van der Waals surface area (Å²) in [6.07, 6.45) is 0. The number of nitrogens with one attached hydrogen (secondary N) is 2. The largest absolute Gasteiger partial charge is 0.480 e. The Labute approximate surface area is 193 Å². The number of carbonyl (C=O) groups is 2. The van der Waals surface area contributed by atoms with Crippen LogP contribution in [-0.4, -0.2) is 70.7 Å².